The smallest absolute Gasteiger partial charge is 0.151 e. The largest absolute Gasteiger partial charge is 0.377 e. The molecule has 1 aliphatic heterocycles. The van der Waals surface area contributed by atoms with Gasteiger partial charge in [-0.05, 0) is 39.2 Å². The molecule has 0 radical (unpaired) electrons. The van der Waals surface area contributed by atoms with Crippen LogP contribution < -0.4 is 0 Å². The molecular formula is C13H25NO3S. The van der Waals surface area contributed by atoms with Crippen LogP contribution in [-0.2, 0) is 14.6 Å². The highest BCUT2D eigenvalue weighted by Crippen LogP contribution is 2.29. The molecule has 1 saturated heterocycles. The average Bonchev–Trinajstić information content (AvgIpc) is 2.79. The van der Waals surface area contributed by atoms with Crippen LogP contribution in [0, 0.1) is 0 Å². The van der Waals surface area contributed by atoms with Gasteiger partial charge in [0.05, 0.1) is 11.4 Å². The Kier molecular flexibility index (Phi) is 4.67. The van der Waals surface area contributed by atoms with Gasteiger partial charge in [0.2, 0.25) is 0 Å². The molecule has 1 aliphatic carbocycles. The summed E-state index contributed by atoms with van der Waals surface area (Å²) in [5.41, 5.74) is 0. The minimum Gasteiger partial charge on any atom is -0.377 e. The molecule has 1 heterocycles. The first-order valence-electron chi connectivity index (χ1n) is 6.99. The summed E-state index contributed by atoms with van der Waals surface area (Å²) in [5.74, 6) is 0. The number of hydrogen-bond donors (Lipinski definition) is 0. The lowest BCUT2D eigenvalue weighted by Crippen LogP contribution is -2.45. The zero-order valence-electron chi connectivity index (χ0n) is 11.5. The van der Waals surface area contributed by atoms with Gasteiger partial charge in [-0.1, -0.05) is 6.42 Å². The zero-order chi connectivity index (χ0) is 13.2. The maximum atomic E-state index is 11.8. The molecule has 3 atom stereocenters. The molecule has 0 bridgehead atoms. The van der Waals surface area contributed by atoms with Crippen molar-refractivity contribution in [3.63, 3.8) is 0 Å². The Morgan fingerprint density at radius 2 is 1.94 bits per heavy atom. The minimum atomic E-state index is -2.92. The normalized spacial score (nSPS) is 34.1. The van der Waals surface area contributed by atoms with E-state index >= 15 is 0 Å². The molecule has 4 nitrogen and oxygen atoms in total. The standard InChI is InChI=1S/C13H25NO3S/c1-14(10-11-6-3-4-9-17-11)12-7-5-8-13(12)18(2,15)16/h11-13H,3-10H2,1-2H3/t11-,12+,13+/m0/s1. The lowest BCUT2D eigenvalue weighted by molar-refractivity contribution is -0.00749. The highest BCUT2D eigenvalue weighted by Gasteiger charge is 2.37. The summed E-state index contributed by atoms with van der Waals surface area (Å²) in [6.07, 6.45) is 8.03. The van der Waals surface area contributed by atoms with Crippen molar-refractivity contribution in [3.8, 4) is 0 Å². The van der Waals surface area contributed by atoms with Gasteiger partial charge >= 0.3 is 0 Å². The van der Waals surface area contributed by atoms with E-state index in [4.69, 9.17) is 4.74 Å². The van der Waals surface area contributed by atoms with Gasteiger partial charge in [-0.25, -0.2) is 8.42 Å². The molecular weight excluding hydrogens is 250 g/mol. The van der Waals surface area contributed by atoms with Crippen molar-refractivity contribution in [2.75, 3.05) is 26.5 Å². The Balaban J connectivity index is 1.93. The van der Waals surface area contributed by atoms with E-state index in [1.54, 1.807) is 0 Å². The molecule has 0 aromatic carbocycles. The predicted octanol–water partition coefficient (Wildman–Crippen LogP) is 1.45. The summed E-state index contributed by atoms with van der Waals surface area (Å²) in [6.45, 7) is 1.73. The van der Waals surface area contributed by atoms with Gasteiger partial charge in [0.25, 0.3) is 0 Å². The summed E-state index contributed by atoms with van der Waals surface area (Å²) < 4.78 is 29.3. The molecule has 0 aromatic heterocycles. The van der Waals surface area contributed by atoms with Gasteiger partial charge in [-0.15, -0.1) is 0 Å². The third kappa shape index (κ3) is 3.45. The van der Waals surface area contributed by atoms with E-state index in [9.17, 15) is 8.42 Å². The third-order valence-electron chi connectivity index (χ3n) is 4.30. The second kappa shape index (κ2) is 5.88. The summed E-state index contributed by atoms with van der Waals surface area (Å²) in [7, 11) is -0.872. The fraction of sp³-hybridized carbons (Fsp3) is 1.00. The molecule has 0 amide bonds. The first-order valence-corrected chi connectivity index (χ1v) is 8.94. The van der Waals surface area contributed by atoms with E-state index in [1.165, 1.54) is 12.7 Å². The monoisotopic (exact) mass is 275 g/mol. The van der Waals surface area contributed by atoms with Gasteiger partial charge in [0.15, 0.2) is 9.84 Å². The van der Waals surface area contributed by atoms with Crippen LogP contribution in [0.25, 0.3) is 0 Å². The van der Waals surface area contributed by atoms with Crippen molar-refractivity contribution in [2.24, 2.45) is 0 Å². The highest BCUT2D eigenvalue weighted by molar-refractivity contribution is 7.91. The number of hydrogen-bond acceptors (Lipinski definition) is 4. The Bertz CT molecular complexity index is 362. The first-order chi connectivity index (χ1) is 8.48. The number of sulfone groups is 1. The Morgan fingerprint density at radius 3 is 2.56 bits per heavy atom. The molecule has 0 N–H and O–H groups in total. The van der Waals surface area contributed by atoms with Crippen LogP contribution in [0.1, 0.15) is 38.5 Å². The van der Waals surface area contributed by atoms with Crippen LogP contribution in [-0.4, -0.2) is 57.2 Å². The number of nitrogens with zero attached hydrogens (tertiary/aromatic N) is 1. The predicted molar refractivity (Wildman–Crippen MR) is 72.5 cm³/mol. The van der Waals surface area contributed by atoms with Gasteiger partial charge in [-0.2, -0.15) is 0 Å². The molecule has 18 heavy (non-hydrogen) atoms. The quantitative estimate of drug-likeness (QED) is 0.779. The number of ether oxygens (including phenoxy) is 1. The molecule has 2 rings (SSSR count). The van der Waals surface area contributed by atoms with Crippen LogP contribution in [0.2, 0.25) is 0 Å². The number of rotatable bonds is 4. The molecule has 0 spiro atoms. The van der Waals surface area contributed by atoms with Crippen LogP contribution in [0.15, 0.2) is 0 Å². The van der Waals surface area contributed by atoms with E-state index in [2.05, 4.69) is 4.90 Å². The number of likely N-dealkylation sites (N-methyl/N-ethyl adjacent to an activating group) is 1. The van der Waals surface area contributed by atoms with Crippen molar-refractivity contribution in [1.82, 2.24) is 4.90 Å². The molecule has 2 aliphatic rings. The molecule has 2 fully saturated rings. The first kappa shape index (κ1) is 14.3. The second-order valence-corrected chi connectivity index (χ2v) is 8.06. The second-order valence-electron chi connectivity index (χ2n) is 5.79. The Hall–Kier alpha value is -0.130. The van der Waals surface area contributed by atoms with Crippen LogP contribution >= 0.6 is 0 Å². The zero-order valence-corrected chi connectivity index (χ0v) is 12.3. The van der Waals surface area contributed by atoms with E-state index in [1.807, 2.05) is 7.05 Å². The molecule has 0 aromatic rings. The van der Waals surface area contributed by atoms with Crippen molar-refractivity contribution in [3.05, 3.63) is 0 Å². The summed E-state index contributed by atoms with van der Waals surface area (Å²) in [4.78, 5) is 2.22. The maximum absolute atomic E-state index is 11.8. The van der Waals surface area contributed by atoms with Crippen LogP contribution in [0.3, 0.4) is 0 Å². The molecule has 1 saturated carbocycles. The van der Waals surface area contributed by atoms with Crippen molar-refractivity contribution in [2.45, 2.75) is 55.9 Å². The van der Waals surface area contributed by atoms with E-state index < -0.39 is 9.84 Å². The summed E-state index contributed by atoms with van der Waals surface area (Å²) >= 11 is 0. The lowest BCUT2D eigenvalue weighted by atomic mass is 10.1. The van der Waals surface area contributed by atoms with E-state index in [-0.39, 0.29) is 11.3 Å². The van der Waals surface area contributed by atoms with Gasteiger partial charge in [-0.3, -0.25) is 4.90 Å². The minimum absolute atomic E-state index is 0.175. The fourth-order valence-electron chi connectivity index (χ4n) is 3.32. The third-order valence-corrected chi connectivity index (χ3v) is 5.95. The fourth-order valence-corrected chi connectivity index (χ4v) is 4.83. The summed E-state index contributed by atoms with van der Waals surface area (Å²) in [5, 5.41) is -0.175. The Labute approximate surface area is 111 Å². The molecule has 0 unspecified atom stereocenters. The highest BCUT2D eigenvalue weighted by atomic mass is 32.2. The molecule has 106 valence electrons. The summed E-state index contributed by atoms with van der Waals surface area (Å²) in [6, 6.07) is 0.186. The average molecular weight is 275 g/mol. The topological polar surface area (TPSA) is 46.6 Å². The van der Waals surface area contributed by atoms with Crippen molar-refractivity contribution in [1.29, 1.82) is 0 Å². The lowest BCUT2D eigenvalue weighted by Gasteiger charge is -2.33. The maximum Gasteiger partial charge on any atom is 0.151 e. The van der Waals surface area contributed by atoms with E-state index in [0.717, 1.165) is 45.3 Å². The van der Waals surface area contributed by atoms with Crippen LogP contribution in [0.5, 0.6) is 0 Å². The van der Waals surface area contributed by atoms with Crippen molar-refractivity contribution < 1.29 is 13.2 Å². The van der Waals surface area contributed by atoms with Crippen molar-refractivity contribution >= 4 is 9.84 Å². The van der Waals surface area contributed by atoms with Gasteiger partial charge in [0, 0.05) is 25.4 Å². The van der Waals surface area contributed by atoms with Crippen LogP contribution in [0.4, 0.5) is 0 Å². The Morgan fingerprint density at radius 1 is 1.17 bits per heavy atom. The van der Waals surface area contributed by atoms with Gasteiger partial charge in [0.1, 0.15) is 0 Å². The van der Waals surface area contributed by atoms with E-state index in [0.29, 0.717) is 6.10 Å². The molecule has 5 heteroatoms. The SMILES string of the molecule is CN(C[C@@H]1CCCCO1)[C@@H]1CCC[C@H]1S(C)(=O)=O. The van der Waals surface area contributed by atoms with Gasteiger partial charge < -0.3 is 4.74 Å².